The van der Waals surface area contributed by atoms with Crippen LogP contribution in [0.15, 0.2) is 35.6 Å². The number of aromatic amines is 1. The average Bonchev–Trinajstić information content (AvgIpc) is 3.12. The molecule has 2 fully saturated rings. The van der Waals surface area contributed by atoms with Crippen molar-refractivity contribution < 1.29 is 4.79 Å². The van der Waals surface area contributed by atoms with E-state index in [-0.39, 0.29) is 11.8 Å². The summed E-state index contributed by atoms with van der Waals surface area (Å²) in [5, 5.41) is 5.26. The van der Waals surface area contributed by atoms with Crippen LogP contribution in [-0.4, -0.2) is 17.1 Å². The molecule has 1 amide bonds. The maximum absolute atomic E-state index is 12.1. The molecule has 0 radical (unpaired) electrons. The van der Waals surface area contributed by atoms with E-state index in [1.165, 1.54) is 25.7 Å². The zero-order chi connectivity index (χ0) is 14.2. The molecule has 0 aliphatic heterocycles. The molecule has 2 aliphatic rings. The van der Waals surface area contributed by atoms with Gasteiger partial charge in [-0.2, -0.15) is 5.10 Å². The summed E-state index contributed by atoms with van der Waals surface area (Å²) in [5.74, 6) is 1.57. The molecule has 1 aromatic heterocycles. The fourth-order valence-corrected chi connectivity index (χ4v) is 3.82. The Balaban J connectivity index is 1.41. The molecular weight excluding hydrogens is 262 g/mol. The number of aromatic nitrogens is 1. The first kappa shape index (κ1) is 12.6. The van der Waals surface area contributed by atoms with E-state index in [2.05, 4.69) is 15.5 Å². The topological polar surface area (TPSA) is 57.2 Å². The van der Waals surface area contributed by atoms with Gasteiger partial charge in [-0.1, -0.05) is 31.0 Å². The molecule has 1 heterocycles. The number of hydrazone groups is 1. The number of nitrogens with one attached hydrogen (secondary N) is 2. The Bertz CT molecular complexity index is 691. The average molecular weight is 281 g/mol. The second kappa shape index (κ2) is 5.02. The number of H-pyrrole nitrogens is 1. The van der Waals surface area contributed by atoms with Crippen LogP contribution in [0.1, 0.15) is 31.2 Å². The number of hydrogen-bond donors (Lipinski definition) is 2. The number of carbonyl (C=O) groups excluding carboxylic acids is 1. The van der Waals surface area contributed by atoms with E-state index in [4.69, 9.17) is 0 Å². The number of carbonyl (C=O) groups is 1. The van der Waals surface area contributed by atoms with Crippen LogP contribution in [0.2, 0.25) is 0 Å². The summed E-state index contributed by atoms with van der Waals surface area (Å²) in [4.78, 5) is 15.3. The monoisotopic (exact) mass is 281 g/mol. The van der Waals surface area contributed by atoms with E-state index < -0.39 is 0 Å². The van der Waals surface area contributed by atoms with Crippen LogP contribution in [0.25, 0.3) is 10.9 Å². The van der Waals surface area contributed by atoms with Crippen LogP contribution < -0.4 is 5.43 Å². The third-order valence-corrected chi connectivity index (χ3v) is 4.96. The summed E-state index contributed by atoms with van der Waals surface area (Å²) in [7, 11) is 0. The van der Waals surface area contributed by atoms with E-state index in [0.717, 1.165) is 16.5 Å². The van der Waals surface area contributed by atoms with Crippen LogP contribution in [0.3, 0.4) is 0 Å². The normalized spacial score (nSPS) is 27.7. The molecule has 21 heavy (non-hydrogen) atoms. The highest BCUT2D eigenvalue weighted by Crippen LogP contribution is 2.55. The van der Waals surface area contributed by atoms with Crippen molar-refractivity contribution in [1.29, 1.82) is 0 Å². The van der Waals surface area contributed by atoms with E-state index in [1.54, 1.807) is 6.21 Å². The smallest absolute Gasteiger partial charge is 0.243 e. The molecule has 0 bridgehead atoms. The van der Waals surface area contributed by atoms with Crippen molar-refractivity contribution in [2.24, 2.45) is 22.9 Å². The van der Waals surface area contributed by atoms with Crippen molar-refractivity contribution in [2.45, 2.75) is 25.7 Å². The van der Waals surface area contributed by atoms with Crippen LogP contribution >= 0.6 is 0 Å². The lowest BCUT2D eigenvalue weighted by atomic mass is 10.0. The molecule has 2 saturated carbocycles. The van der Waals surface area contributed by atoms with E-state index in [1.807, 2.05) is 30.5 Å². The standard InChI is InChI=1S/C17H19N3O/c21-17(16-13-6-1-2-7-14(13)16)20-19-10-11-9-18-15-8-4-3-5-12(11)15/h3-5,8-10,13-14,16,18H,1-2,6-7H2,(H,20,21)/b19-10+/t13-,14-/m1/s1. The quantitative estimate of drug-likeness (QED) is 0.659. The molecule has 2 aromatic rings. The first-order chi connectivity index (χ1) is 10.3. The Kier molecular flexibility index (Phi) is 3.02. The van der Waals surface area contributed by atoms with Gasteiger partial charge in [0.05, 0.1) is 6.21 Å². The van der Waals surface area contributed by atoms with E-state index in [9.17, 15) is 4.79 Å². The second-order valence-corrected chi connectivity index (χ2v) is 6.16. The highest BCUT2D eigenvalue weighted by Gasteiger charge is 2.54. The molecular formula is C17H19N3O. The largest absolute Gasteiger partial charge is 0.361 e. The van der Waals surface area contributed by atoms with Crippen LogP contribution in [0.5, 0.6) is 0 Å². The molecule has 4 heteroatoms. The van der Waals surface area contributed by atoms with Crippen molar-refractivity contribution in [3.8, 4) is 0 Å². The van der Waals surface area contributed by atoms with Gasteiger partial charge in [0.15, 0.2) is 0 Å². The van der Waals surface area contributed by atoms with Crippen LogP contribution in [0, 0.1) is 17.8 Å². The van der Waals surface area contributed by atoms with E-state index in [0.29, 0.717) is 11.8 Å². The minimum atomic E-state index is 0.1000. The summed E-state index contributed by atoms with van der Waals surface area (Å²) < 4.78 is 0. The van der Waals surface area contributed by atoms with Crippen molar-refractivity contribution in [3.63, 3.8) is 0 Å². The fourth-order valence-electron chi connectivity index (χ4n) is 3.82. The van der Waals surface area contributed by atoms with Gasteiger partial charge >= 0.3 is 0 Å². The summed E-state index contributed by atoms with van der Waals surface area (Å²) in [6, 6.07) is 8.07. The van der Waals surface area contributed by atoms with Gasteiger partial charge in [-0.25, -0.2) is 5.43 Å². The van der Waals surface area contributed by atoms with Crippen LogP contribution in [-0.2, 0) is 4.79 Å². The number of nitrogens with zero attached hydrogens (tertiary/aromatic N) is 1. The highest BCUT2D eigenvalue weighted by atomic mass is 16.2. The van der Waals surface area contributed by atoms with Crippen molar-refractivity contribution in [2.75, 3.05) is 0 Å². The third-order valence-electron chi connectivity index (χ3n) is 4.96. The molecule has 2 atom stereocenters. The van der Waals surface area contributed by atoms with Gasteiger partial charge in [-0.15, -0.1) is 0 Å². The lowest BCUT2D eigenvalue weighted by molar-refractivity contribution is -0.122. The molecule has 0 saturated heterocycles. The lowest BCUT2D eigenvalue weighted by Crippen LogP contribution is -2.20. The van der Waals surface area contributed by atoms with Gasteiger partial charge in [-0.3, -0.25) is 4.79 Å². The van der Waals surface area contributed by atoms with Gasteiger partial charge in [0.25, 0.3) is 0 Å². The van der Waals surface area contributed by atoms with Gasteiger partial charge in [0.1, 0.15) is 0 Å². The Labute approximate surface area is 123 Å². The maximum Gasteiger partial charge on any atom is 0.243 e. The Hall–Kier alpha value is -2.10. The molecule has 0 spiro atoms. The minimum absolute atomic E-state index is 0.1000. The second-order valence-electron chi connectivity index (χ2n) is 6.16. The van der Waals surface area contributed by atoms with Crippen molar-refractivity contribution in [1.82, 2.24) is 10.4 Å². The first-order valence-electron chi connectivity index (χ1n) is 7.73. The van der Waals surface area contributed by atoms with Crippen molar-refractivity contribution >= 4 is 23.0 Å². The number of hydrogen-bond acceptors (Lipinski definition) is 2. The zero-order valence-corrected chi connectivity index (χ0v) is 11.9. The van der Waals surface area contributed by atoms with Gasteiger partial charge in [0, 0.05) is 28.6 Å². The zero-order valence-electron chi connectivity index (χ0n) is 11.9. The molecule has 4 nitrogen and oxygen atoms in total. The van der Waals surface area contributed by atoms with Gasteiger partial charge in [0.2, 0.25) is 5.91 Å². The highest BCUT2D eigenvalue weighted by molar-refractivity contribution is 5.99. The molecule has 0 unspecified atom stereocenters. The number of amides is 1. The summed E-state index contributed by atoms with van der Waals surface area (Å²) in [6.07, 6.45) is 8.64. The Morgan fingerprint density at radius 3 is 2.81 bits per heavy atom. The lowest BCUT2D eigenvalue weighted by Gasteiger charge is -2.04. The Morgan fingerprint density at radius 2 is 2.00 bits per heavy atom. The minimum Gasteiger partial charge on any atom is -0.361 e. The fraction of sp³-hybridized carbons (Fsp3) is 0.412. The van der Waals surface area contributed by atoms with E-state index >= 15 is 0 Å². The number of fused-ring (bicyclic) bond motifs is 2. The molecule has 2 N–H and O–H groups in total. The predicted octanol–water partition coefficient (Wildman–Crippen LogP) is 3.05. The Morgan fingerprint density at radius 1 is 1.24 bits per heavy atom. The summed E-state index contributed by atoms with van der Waals surface area (Å²) in [6.45, 7) is 0. The number of benzene rings is 1. The first-order valence-corrected chi connectivity index (χ1v) is 7.73. The predicted molar refractivity (Wildman–Crippen MR) is 83.0 cm³/mol. The van der Waals surface area contributed by atoms with Crippen LogP contribution in [0.4, 0.5) is 0 Å². The number of para-hydroxylation sites is 1. The molecule has 108 valence electrons. The SMILES string of the molecule is O=C(N/N=C/c1c[nH]c2ccccc12)C1[C@@H]2CCCC[C@@H]12. The molecule has 1 aromatic carbocycles. The molecule has 2 aliphatic carbocycles. The van der Waals surface area contributed by atoms with Gasteiger partial charge in [-0.05, 0) is 30.7 Å². The summed E-state index contributed by atoms with van der Waals surface area (Å²) in [5.41, 5.74) is 4.80. The van der Waals surface area contributed by atoms with Crippen molar-refractivity contribution in [3.05, 3.63) is 36.0 Å². The summed E-state index contributed by atoms with van der Waals surface area (Å²) >= 11 is 0. The molecule has 4 rings (SSSR count). The van der Waals surface area contributed by atoms with Gasteiger partial charge < -0.3 is 4.98 Å². The number of rotatable bonds is 3. The maximum atomic E-state index is 12.1. The third kappa shape index (κ3) is 2.24.